The van der Waals surface area contributed by atoms with Crippen molar-refractivity contribution in [3.05, 3.63) is 76.1 Å². The van der Waals surface area contributed by atoms with Crippen LogP contribution >= 0.6 is 0 Å². The Balaban J connectivity index is 1.70. The normalized spacial score (nSPS) is 16.7. The molecule has 1 aliphatic rings. The molecule has 1 aliphatic heterocycles. The standard InChI is InChI=1S/C22H20FN5O2/c1-27-21(29)11-19(17-7-8-25-13-18(17)23)26-22(27)28-9-2-10-30-20(14-28)16-5-3-15(12-24)4-6-16/h3-8,11,13,20H,2,9-10,14H2,1H3. The second kappa shape index (κ2) is 8.43. The highest BCUT2D eigenvalue weighted by Gasteiger charge is 2.24. The summed E-state index contributed by atoms with van der Waals surface area (Å²) in [6.45, 7) is 1.69. The Morgan fingerprint density at radius 1 is 1.27 bits per heavy atom. The fourth-order valence-corrected chi connectivity index (χ4v) is 3.51. The quantitative estimate of drug-likeness (QED) is 0.666. The van der Waals surface area contributed by atoms with Crippen LogP contribution in [-0.2, 0) is 11.8 Å². The molecule has 0 saturated carbocycles. The van der Waals surface area contributed by atoms with Crippen LogP contribution in [0.4, 0.5) is 10.3 Å². The van der Waals surface area contributed by atoms with Gasteiger partial charge in [0.15, 0.2) is 5.82 Å². The average molecular weight is 405 g/mol. The lowest BCUT2D eigenvalue weighted by Gasteiger charge is -2.26. The fourth-order valence-electron chi connectivity index (χ4n) is 3.51. The molecule has 0 amide bonds. The first-order valence-electron chi connectivity index (χ1n) is 9.61. The van der Waals surface area contributed by atoms with Crippen LogP contribution in [0.15, 0.2) is 53.6 Å². The first-order chi connectivity index (χ1) is 14.6. The Morgan fingerprint density at radius 3 is 2.80 bits per heavy atom. The van der Waals surface area contributed by atoms with Gasteiger partial charge in [0.25, 0.3) is 5.56 Å². The molecule has 2 aromatic heterocycles. The van der Waals surface area contributed by atoms with Gasteiger partial charge in [-0.05, 0) is 30.2 Å². The number of anilines is 1. The first-order valence-corrected chi connectivity index (χ1v) is 9.61. The predicted octanol–water partition coefficient (Wildman–Crippen LogP) is 2.82. The molecule has 8 heteroatoms. The minimum Gasteiger partial charge on any atom is -0.372 e. The molecular formula is C22H20FN5O2. The number of nitrogens with zero attached hydrogens (tertiary/aromatic N) is 5. The molecule has 1 fully saturated rings. The van der Waals surface area contributed by atoms with Crippen LogP contribution in [-0.4, -0.2) is 34.2 Å². The van der Waals surface area contributed by atoms with Crippen molar-refractivity contribution >= 4 is 5.95 Å². The molecule has 1 aromatic carbocycles. The lowest BCUT2D eigenvalue weighted by molar-refractivity contribution is 0.0685. The molecule has 3 heterocycles. The summed E-state index contributed by atoms with van der Waals surface area (Å²) in [6, 6.07) is 12.2. The summed E-state index contributed by atoms with van der Waals surface area (Å²) in [7, 11) is 1.65. The van der Waals surface area contributed by atoms with Crippen LogP contribution in [0.3, 0.4) is 0 Å². The molecule has 1 unspecified atom stereocenters. The van der Waals surface area contributed by atoms with Crippen molar-refractivity contribution in [2.24, 2.45) is 7.05 Å². The highest BCUT2D eigenvalue weighted by atomic mass is 19.1. The van der Waals surface area contributed by atoms with E-state index in [1.165, 1.54) is 22.9 Å². The van der Waals surface area contributed by atoms with Crippen molar-refractivity contribution in [1.82, 2.24) is 14.5 Å². The zero-order valence-electron chi connectivity index (χ0n) is 16.5. The zero-order valence-corrected chi connectivity index (χ0v) is 16.5. The summed E-state index contributed by atoms with van der Waals surface area (Å²) in [5.41, 5.74) is 1.76. The van der Waals surface area contributed by atoms with Crippen molar-refractivity contribution in [1.29, 1.82) is 5.26 Å². The molecular weight excluding hydrogens is 385 g/mol. The third-order valence-corrected chi connectivity index (χ3v) is 5.13. The van der Waals surface area contributed by atoms with E-state index in [4.69, 9.17) is 10.00 Å². The van der Waals surface area contributed by atoms with Gasteiger partial charge >= 0.3 is 0 Å². The summed E-state index contributed by atoms with van der Waals surface area (Å²) in [5, 5.41) is 9.01. The minimum atomic E-state index is -0.529. The average Bonchev–Trinajstić information content (AvgIpc) is 3.02. The minimum absolute atomic E-state index is 0.235. The highest BCUT2D eigenvalue weighted by molar-refractivity contribution is 5.60. The van der Waals surface area contributed by atoms with E-state index in [9.17, 15) is 9.18 Å². The van der Waals surface area contributed by atoms with E-state index in [0.717, 1.165) is 18.2 Å². The van der Waals surface area contributed by atoms with Gasteiger partial charge in [0.2, 0.25) is 5.95 Å². The van der Waals surface area contributed by atoms with E-state index in [-0.39, 0.29) is 22.9 Å². The fraction of sp³-hybridized carbons (Fsp3) is 0.273. The van der Waals surface area contributed by atoms with Gasteiger partial charge in [0.1, 0.15) is 6.10 Å². The summed E-state index contributed by atoms with van der Waals surface area (Å²) < 4.78 is 21.7. The second-order valence-corrected chi connectivity index (χ2v) is 7.09. The topological polar surface area (TPSA) is 84.0 Å². The smallest absolute Gasteiger partial charge is 0.255 e. The third kappa shape index (κ3) is 3.93. The molecule has 0 aliphatic carbocycles. The lowest BCUT2D eigenvalue weighted by Crippen LogP contribution is -2.34. The van der Waals surface area contributed by atoms with Gasteiger partial charge in [-0.25, -0.2) is 9.37 Å². The van der Waals surface area contributed by atoms with Gasteiger partial charge in [0.05, 0.1) is 30.1 Å². The number of benzene rings is 1. The molecule has 30 heavy (non-hydrogen) atoms. The summed E-state index contributed by atoms with van der Waals surface area (Å²) in [5.74, 6) is -0.0725. The molecule has 1 saturated heterocycles. The van der Waals surface area contributed by atoms with Crippen molar-refractivity contribution in [2.75, 3.05) is 24.6 Å². The molecule has 0 spiro atoms. The maximum atomic E-state index is 14.2. The van der Waals surface area contributed by atoms with Crippen LogP contribution in [0.2, 0.25) is 0 Å². The molecule has 7 nitrogen and oxygen atoms in total. The van der Waals surface area contributed by atoms with Crippen molar-refractivity contribution < 1.29 is 9.13 Å². The molecule has 152 valence electrons. The van der Waals surface area contributed by atoms with Crippen molar-refractivity contribution in [2.45, 2.75) is 12.5 Å². The number of ether oxygens (including phenoxy) is 1. The van der Waals surface area contributed by atoms with E-state index < -0.39 is 5.82 Å². The SMILES string of the molecule is Cn1c(N2CCCOC(c3ccc(C#N)cc3)C2)nc(-c2ccncc2F)cc1=O. The van der Waals surface area contributed by atoms with Gasteiger partial charge in [-0.2, -0.15) is 5.26 Å². The highest BCUT2D eigenvalue weighted by Crippen LogP contribution is 2.26. The summed E-state index contributed by atoms with van der Waals surface area (Å²) in [4.78, 5) is 22.9. The Morgan fingerprint density at radius 2 is 2.07 bits per heavy atom. The molecule has 0 radical (unpaired) electrons. The Hall–Kier alpha value is -3.57. The first kappa shape index (κ1) is 19.7. The number of hydrogen-bond donors (Lipinski definition) is 0. The van der Waals surface area contributed by atoms with Crippen LogP contribution in [0.25, 0.3) is 11.3 Å². The largest absolute Gasteiger partial charge is 0.372 e. The van der Waals surface area contributed by atoms with Crippen LogP contribution in [0, 0.1) is 17.1 Å². The van der Waals surface area contributed by atoms with Gasteiger partial charge in [-0.15, -0.1) is 0 Å². The van der Waals surface area contributed by atoms with E-state index in [0.29, 0.717) is 31.2 Å². The molecule has 3 aromatic rings. The van der Waals surface area contributed by atoms with E-state index in [1.54, 1.807) is 19.2 Å². The van der Waals surface area contributed by atoms with Gasteiger partial charge in [0, 0.05) is 38.0 Å². The van der Waals surface area contributed by atoms with E-state index >= 15 is 0 Å². The predicted molar refractivity (Wildman–Crippen MR) is 109 cm³/mol. The van der Waals surface area contributed by atoms with Crippen molar-refractivity contribution in [3.8, 4) is 17.3 Å². The van der Waals surface area contributed by atoms with E-state index in [2.05, 4.69) is 16.0 Å². The summed E-state index contributed by atoms with van der Waals surface area (Å²) in [6.07, 6.45) is 3.10. The maximum absolute atomic E-state index is 14.2. The number of aromatic nitrogens is 3. The molecule has 0 bridgehead atoms. The number of rotatable bonds is 3. The molecule has 0 N–H and O–H groups in total. The Bertz CT molecular complexity index is 1150. The van der Waals surface area contributed by atoms with Gasteiger partial charge in [-0.1, -0.05) is 12.1 Å². The molecule has 4 rings (SSSR count). The van der Waals surface area contributed by atoms with Gasteiger partial charge < -0.3 is 9.64 Å². The van der Waals surface area contributed by atoms with Crippen LogP contribution in [0.5, 0.6) is 0 Å². The number of nitriles is 1. The van der Waals surface area contributed by atoms with E-state index in [1.807, 2.05) is 17.0 Å². The third-order valence-electron chi connectivity index (χ3n) is 5.13. The van der Waals surface area contributed by atoms with Crippen LogP contribution in [0.1, 0.15) is 23.7 Å². The zero-order chi connectivity index (χ0) is 21.1. The monoisotopic (exact) mass is 405 g/mol. The Kier molecular flexibility index (Phi) is 5.55. The van der Waals surface area contributed by atoms with Gasteiger partial charge in [-0.3, -0.25) is 14.3 Å². The number of halogens is 1. The Labute approximate surface area is 173 Å². The second-order valence-electron chi connectivity index (χ2n) is 7.09. The summed E-state index contributed by atoms with van der Waals surface area (Å²) >= 11 is 0. The number of hydrogen-bond acceptors (Lipinski definition) is 6. The molecule has 1 atom stereocenters. The lowest BCUT2D eigenvalue weighted by atomic mass is 10.1. The maximum Gasteiger partial charge on any atom is 0.255 e. The number of pyridine rings is 1. The van der Waals surface area contributed by atoms with Crippen LogP contribution < -0.4 is 10.5 Å². The van der Waals surface area contributed by atoms with Crippen molar-refractivity contribution in [3.63, 3.8) is 0 Å².